The fourth-order valence-electron chi connectivity index (χ4n) is 1.30. The zero-order valence-corrected chi connectivity index (χ0v) is 9.21. The smallest absolute Gasteiger partial charge is 0.139 e. The van der Waals surface area contributed by atoms with Crippen molar-refractivity contribution < 1.29 is 4.74 Å². The molecule has 0 radical (unpaired) electrons. The van der Waals surface area contributed by atoms with Crippen LogP contribution in [0.25, 0.3) is 0 Å². The van der Waals surface area contributed by atoms with Crippen LogP contribution < -0.4 is 4.74 Å². The molecule has 1 aromatic rings. The van der Waals surface area contributed by atoms with Crippen molar-refractivity contribution in [2.24, 2.45) is 0 Å². The van der Waals surface area contributed by atoms with Gasteiger partial charge in [-0.25, -0.2) is 0 Å². The van der Waals surface area contributed by atoms with E-state index in [4.69, 9.17) is 16.3 Å². The van der Waals surface area contributed by atoms with Crippen LogP contribution in [0, 0.1) is 0 Å². The van der Waals surface area contributed by atoms with E-state index >= 15 is 0 Å². The Balaban J connectivity index is 2.16. The Kier molecular flexibility index (Phi) is 2.64. The van der Waals surface area contributed by atoms with Gasteiger partial charge in [0.1, 0.15) is 5.75 Å². The number of hydrogen-bond acceptors (Lipinski definition) is 2. The maximum absolute atomic E-state index is 6.09. The Bertz CT molecular complexity index is 334. The van der Waals surface area contributed by atoms with Crippen molar-refractivity contribution in [1.29, 1.82) is 0 Å². The van der Waals surface area contributed by atoms with Crippen molar-refractivity contribution in [3.05, 3.63) is 23.0 Å². The molecule has 1 aliphatic rings. The second kappa shape index (κ2) is 3.77. The first kappa shape index (κ1) is 9.78. The largest absolute Gasteiger partial charge is 0.489 e. The van der Waals surface area contributed by atoms with E-state index in [-0.39, 0.29) is 0 Å². The molecule has 1 fully saturated rings. The van der Waals surface area contributed by atoms with Crippen LogP contribution in [0.4, 0.5) is 0 Å². The minimum Gasteiger partial charge on any atom is -0.489 e. The first-order valence-electron chi connectivity index (χ1n) is 4.99. The highest BCUT2D eigenvalue weighted by atomic mass is 35.5. The number of nitrogens with zero attached hydrogens (tertiary/aromatic N) is 1. The molecule has 1 aromatic heterocycles. The van der Waals surface area contributed by atoms with Gasteiger partial charge in [-0.1, -0.05) is 25.4 Å². The predicted octanol–water partition coefficient (Wildman–Crippen LogP) is 3.40. The number of aromatic nitrogens is 1. The van der Waals surface area contributed by atoms with Crippen LogP contribution >= 0.6 is 11.6 Å². The highest BCUT2D eigenvalue weighted by Gasteiger charge is 2.23. The summed E-state index contributed by atoms with van der Waals surface area (Å²) < 4.78 is 5.59. The molecular weight excluding hydrogens is 198 g/mol. The molecule has 1 heterocycles. The fourth-order valence-corrected chi connectivity index (χ4v) is 1.67. The van der Waals surface area contributed by atoms with Gasteiger partial charge in [-0.3, -0.25) is 4.98 Å². The summed E-state index contributed by atoms with van der Waals surface area (Å²) in [4.78, 5) is 4.30. The van der Waals surface area contributed by atoms with Gasteiger partial charge >= 0.3 is 0 Å². The highest BCUT2D eigenvalue weighted by Crippen LogP contribution is 2.30. The molecule has 0 amide bonds. The molecular formula is C11H14ClNO. The fraction of sp³-hybridized carbons (Fsp3) is 0.545. The van der Waals surface area contributed by atoms with Crippen LogP contribution in [-0.2, 0) is 0 Å². The second-order valence-corrected chi connectivity index (χ2v) is 4.42. The summed E-state index contributed by atoms with van der Waals surface area (Å²) >= 11 is 6.09. The van der Waals surface area contributed by atoms with E-state index in [1.165, 1.54) is 0 Å². The van der Waals surface area contributed by atoms with Crippen LogP contribution in [0.1, 0.15) is 38.3 Å². The average molecular weight is 212 g/mol. The molecule has 0 spiro atoms. The number of ether oxygens (including phenoxy) is 1. The number of rotatable bonds is 3. The van der Waals surface area contributed by atoms with Gasteiger partial charge in [0.25, 0.3) is 0 Å². The molecule has 76 valence electrons. The van der Waals surface area contributed by atoms with Crippen LogP contribution in [0.3, 0.4) is 0 Å². The quantitative estimate of drug-likeness (QED) is 0.765. The summed E-state index contributed by atoms with van der Waals surface area (Å²) in [5.74, 6) is 1.15. The van der Waals surface area contributed by atoms with Crippen LogP contribution in [0.5, 0.6) is 5.75 Å². The summed E-state index contributed by atoms with van der Waals surface area (Å²) in [5, 5.41) is 0.707. The van der Waals surface area contributed by atoms with Crippen molar-refractivity contribution in [1.82, 2.24) is 4.98 Å². The standard InChI is InChI=1S/C11H14ClNO/c1-7(2)11-10(12)5-9(6-13-11)14-8-3-4-8/h5-8H,3-4H2,1-2H3. The van der Waals surface area contributed by atoms with Crippen molar-refractivity contribution in [3.63, 3.8) is 0 Å². The SMILES string of the molecule is CC(C)c1ncc(OC2CC2)cc1Cl. The lowest BCUT2D eigenvalue weighted by Crippen LogP contribution is -1.99. The molecule has 3 heteroatoms. The van der Waals surface area contributed by atoms with E-state index in [0.29, 0.717) is 17.0 Å². The number of halogens is 1. The Morgan fingerprint density at radius 3 is 2.71 bits per heavy atom. The molecule has 0 atom stereocenters. The highest BCUT2D eigenvalue weighted by molar-refractivity contribution is 6.31. The van der Waals surface area contributed by atoms with E-state index in [0.717, 1.165) is 24.3 Å². The number of pyridine rings is 1. The monoisotopic (exact) mass is 211 g/mol. The van der Waals surface area contributed by atoms with Gasteiger partial charge in [0.15, 0.2) is 0 Å². The van der Waals surface area contributed by atoms with Gasteiger partial charge < -0.3 is 4.74 Å². The summed E-state index contributed by atoms with van der Waals surface area (Å²) in [7, 11) is 0. The molecule has 1 saturated carbocycles. The molecule has 2 nitrogen and oxygen atoms in total. The maximum atomic E-state index is 6.09. The minimum absolute atomic E-state index is 0.359. The Morgan fingerprint density at radius 2 is 2.21 bits per heavy atom. The van der Waals surface area contributed by atoms with Crippen molar-refractivity contribution in [2.45, 2.75) is 38.7 Å². The van der Waals surface area contributed by atoms with Gasteiger partial charge in [0, 0.05) is 6.07 Å². The van der Waals surface area contributed by atoms with Crippen LogP contribution in [-0.4, -0.2) is 11.1 Å². The normalized spacial score (nSPS) is 16.0. The molecule has 1 aliphatic carbocycles. The van der Waals surface area contributed by atoms with E-state index in [2.05, 4.69) is 18.8 Å². The van der Waals surface area contributed by atoms with Crippen LogP contribution in [0.2, 0.25) is 5.02 Å². The van der Waals surface area contributed by atoms with E-state index < -0.39 is 0 Å². The maximum Gasteiger partial charge on any atom is 0.139 e. The van der Waals surface area contributed by atoms with Gasteiger partial charge in [-0.05, 0) is 18.8 Å². The first-order valence-corrected chi connectivity index (χ1v) is 5.36. The lowest BCUT2D eigenvalue weighted by atomic mass is 10.1. The van der Waals surface area contributed by atoms with Crippen molar-refractivity contribution in [2.75, 3.05) is 0 Å². The molecule has 2 rings (SSSR count). The molecule has 0 unspecified atom stereocenters. The van der Waals surface area contributed by atoms with Crippen molar-refractivity contribution >= 4 is 11.6 Å². The Morgan fingerprint density at radius 1 is 1.50 bits per heavy atom. The Hall–Kier alpha value is -0.760. The third-order valence-corrected chi connectivity index (χ3v) is 2.52. The van der Waals surface area contributed by atoms with E-state index in [1.54, 1.807) is 6.20 Å². The summed E-state index contributed by atoms with van der Waals surface area (Å²) in [6.45, 7) is 4.16. The summed E-state index contributed by atoms with van der Waals surface area (Å²) in [5.41, 5.74) is 0.940. The van der Waals surface area contributed by atoms with Gasteiger partial charge in [0.05, 0.1) is 23.0 Å². The molecule has 0 N–H and O–H groups in total. The second-order valence-electron chi connectivity index (χ2n) is 4.01. The van der Waals surface area contributed by atoms with E-state index in [9.17, 15) is 0 Å². The predicted molar refractivity (Wildman–Crippen MR) is 57.0 cm³/mol. The molecule has 0 aliphatic heterocycles. The Labute approximate surface area is 89.3 Å². The number of hydrogen-bond donors (Lipinski definition) is 0. The van der Waals surface area contributed by atoms with Crippen molar-refractivity contribution in [3.8, 4) is 5.75 Å². The zero-order chi connectivity index (χ0) is 10.1. The lowest BCUT2D eigenvalue weighted by molar-refractivity contribution is 0.302. The summed E-state index contributed by atoms with van der Waals surface area (Å²) in [6.07, 6.45) is 4.48. The van der Waals surface area contributed by atoms with Gasteiger partial charge in [-0.15, -0.1) is 0 Å². The van der Waals surface area contributed by atoms with E-state index in [1.807, 2.05) is 6.07 Å². The zero-order valence-electron chi connectivity index (χ0n) is 8.46. The van der Waals surface area contributed by atoms with Crippen LogP contribution in [0.15, 0.2) is 12.3 Å². The molecule has 0 saturated heterocycles. The molecule has 0 aromatic carbocycles. The van der Waals surface area contributed by atoms with Gasteiger partial charge in [0.2, 0.25) is 0 Å². The lowest BCUT2D eigenvalue weighted by Gasteiger charge is -2.09. The third kappa shape index (κ3) is 2.18. The van der Waals surface area contributed by atoms with Gasteiger partial charge in [-0.2, -0.15) is 0 Å². The molecule has 14 heavy (non-hydrogen) atoms. The third-order valence-electron chi connectivity index (χ3n) is 2.22. The molecule has 0 bridgehead atoms. The minimum atomic E-state index is 0.359. The first-order chi connectivity index (χ1) is 6.66. The average Bonchev–Trinajstić information content (AvgIpc) is 2.87. The topological polar surface area (TPSA) is 22.1 Å². The summed E-state index contributed by atoms with van der Waals surface area (Å²) in [6, 6.07) is 1.86.